The van der Waals surface area contributed by atoms with Crippen LogP contribution in [0, 0.1) is 5.82 Å². The Morgan fingerprint density at radius 1 is 0.842 bits per heavy atom. The molecule has 2 aromatic rings. The highest BCUT2D eigenvalue weighted by atomic mass is 19.1. The third kappa shape index (κ3) is 4.16. The summed E-state index contributed by atoms with van der Waals surface area (Å²) in [6.07, 6.45) is 0. The summed E-state index contributed by atoms with van der Waals surface area (Å²) >= 11 is 0. The van der Waals surface area contributed by atoms with Gasteiger partial charge in [-0.05, 0) is 35.9 Å². The number of hydrogen-bond acceptors (Lipinski definition) is 2. The third-order valence-electron chi connectivity index (χ3n) is 3.08. The maximum atomic E-state index is 12.8. The molecule has 0 heterocycles. The summed E-state index contributed by atoms with van der Waals surface area (Å²) in [7, 11) is 2.06. The molecule has 0 aliphatic heterocycles. The van der Waals surface area contributed by atoms with Crippen molar-refractivity contribution < 1.29 is 4.39 Å². The Morgan fingerprint density at radius 3 is 1.74 bits per heavy atom. The van der Waals surface area contributed by atoms with Crippen molar-refractivity contribution in [2.24, 2.45) is 5.73 Å². The van der Waals surface area contributed by atoms with Crippen LogP contribution in [0.1, 0.15) is 16.7 Å². The summed E-state index contributed by atoms with van der Waals surface area (Å²) in [5.41, 5.74) is 9.08. The minimum atomic E-state index is -0.191. The zero-order chi connectivity index (χ0) is 13.7. The standard InChI is InChI=1S/C16H19FN2/c1-19(12-15-6-8-16(17)9-7-15)11-14-4-2-13(10-18)3-5-14/h2-9H,10-12,18H2,1H3. The van der Waals surface area contributed by atoms with E-state index in [4.69, 9.17) is 5.73 Å². The zero-order valence-corrected chi connectivity index (χ0v) is 11.1. The van der Waals surface area contributed by atoms with Crippen molar-refractivity contribution in [1.82, 2.24) is 4.90 Å². The van der Waals surface area contributed by atoms with Gasteiger partial charge in [0, 0.05) is 19.6 Å². The highest BCUT2D eigenvalue weighted by Gasteiger charge is 2.02. The van der Waals surface area contributed by atoms with Crippen molar-refractivity contribution in [3.05, 3.63) is 71.0 Å². The first-order valence-electron chi connectivity index (χ1n) is 6.38. The van der Waals surface area contributed by atoms with Gasteiger partial charge in [-0.1, -0.05) is 36.4 Å². The highest BCUT2D eigenvalue weighted by molar-refractivity contribution is 5.22. The maximum absolute atomic E-state index is 12.8. The van der Waals surface area contributed by atoms with Gasteiger partial charge < -0.3 is 5.73 Å². The van der Waals surface area contributed by atoms with Crippen LogP contribution < -0.4 is 5.73 Å². The predicted molar refractivity (Wildman–Crippen MR) is 75.9 cm³/mol. The van der Waals surface area contributed by atoms with Crippen LogP contribution in [0.5, 0.6) is 0 Å². The molecule has 3 heteroatoms. The molecule has 0 atom stereocenters. The first-order chi connectivity index (χ1) is 9.17. The minimum absolute atomic E-state index is 0.191. The fourth-order valence-electron chi connectivity index (χ4n) is 2.05. The molecule has 0 aliphatic rings. The van der Waals surface area contributed by atoms with Crippen LogP contribution in [0.3, 0.4) is 0 Å². The van der Waals surface area contributed by atoms with Gasteiger partial charge in [-0.25, -0.2) is 4.39 Å². The molecule has 0 saturated heterocycles. The van der Waals surface area contributed by atoms with E-state index < -0.39 is 0 Å². The van der Waals surface area contributed by atoms with Crippen molar-refractivity contribution in [3.63, 3.8) is 0 Å². The van der Waals surface area contributed by atoms with Crippen LogP contribution in [-0.4, -0.2) is 11.9 Å². The molecule has 2 N–H and O–H groups in total. The molecular weight excluding hydrogens is 239 g/mol. The molecule has 2 nitrogen and oxygen atoms in total. The third-order valence-corrected chi connectivity index (χ3v) is 3.08. The quantitative estimate of drug-likeness (QED) is 0.893. The SMILES string of the molecule is CN(Cc1ccc(F)cc1)Cc1ccc(CN)cc1. The summed E-state index contributed by atoms with van der Waals surface area (Å²) in [5, 5.41) is 0. The van der Waals surface area contributed by atoms with Crippen molar-refractivity contribution in [2.45, 2.75) is 19.6 Å². The molecule has 0 radical (unpaired) electrons. The average molecular weight is 258 g/mol. The van der Waals surface area contributed by atoms with Crippen LogP contribution in [0.25, 0.3) is 0 Å². The molecule has 0 spiro atoms. The fourth-order valence-corrected chi connectivity index (χ4v) is 2.05. The van der Waals surface area contributed by atoms with Gasteiger partial charge in [-0.15, -0.1) is 0 Å². The largest absolute Gasteiger partial charge is 0.326 e. The van der Waals surface area contributed by atoms with E-state index in [-0.39, 0.29) is 5.82 Å². The van der Waals surface area contributed by atoms with Gasteiger partial charge in [-0.3, -0.25) is 4.90 Å². The molecule has 2 rings (SSSR count). The van der Waals surface area contributed by atoms with Crippen molar-refractivity contribution in [3.8, 4) is 0 Å². The summed E-state index contributed by atoms with van der Waals surface area (Å²) < 4.78 is 12.8. The molecule has 0 bridgehead atoms. The Hall–Kier alpha value is -1.71. The van der Waals surface area contributed by atoms with Crippen LogP contribution in [0.15, 0.2) is 48.5 Å². The molecule has 0 aliphatic carbocycles. The molecule has 0 saturated carbocycles. The number of nitrogens with zero attached hydrogens (tertiary/aromatic N) is 1. The second kappa shape index (κ2) is 6.45. The Kier molecular flexibility index (Phi) is 4.66. The van der Waals surface area contributed by atoms with E-state index in [1.54, 1.807) is 0 Å². The van der Waals surface area contributed by atoms with E-state index in [9.17, 15) is 4.39 Å². The van der Waals surface area contributed by atoms with Gasteiger partial charge in [-0.2, -0.15) is 0 Å². The zero-order valence-electron chi connectivity index (χ0n) is 11.1. The molecule has 0 fully saturated rings. The maximum Gasteiger partial charge on any atom is 0.123 e. The monoisotopic (exact) mass is 258 g/mol. The lowest BCUT2D eigenvalue weighted by atomic mass is 10.1. The smallest absolute Gasteiger partial charge is 0.123 e. The minimum Gasteiger partial charge on any atom is -0.326 e. The first kappa shape index (κ1) is 13.7. The Labute approximate surface area is 113 Å². The normalized spacial score (nSPS) is 10.9. The molecule has 100 valence electrons. The highest BCUT2D eigenvalue weighted by Crippen LogP contribution is 2.10. The van der Waals surface area contributed by atoms with Gasteiger partial charge in [0.25, 0.3) is 0 Å². The van der Waals surface area contributed by atoms with E-state index in [2.05, 4.69) is 36.2 Å². The van der Waals surface area contributed by atoms with Crippen molar-refractivity contribution in [2.75, 3.05) is 7.05 Å². The van der Waals surface area contributed by atoms with E-state index in [1.807, 2.05) is 12.1 Å². The number of hydrogen-bond donors (Lipinski definition) is 1. The molecule has 0 amide bonds. The number of benzene rings is 2. The van der Waals surface area contributed by atoms with Gasteiger partial charge in [0.1, 0.15) is 5.82 Å². The van der Waals surface area contributed by atoms with Crippen molar-refractivity contribution >= 4 is 0 Å². The lowest BCUT2D eigenvalue weighted by molar-refractivity contribution is 0.319. The second-order valence-electron chi connectivity index (χ2n) is 4.82. The van der Waals surface area contributed by atoms with Gasteiger partial charge >= 0.3 is 0 Å². The lowest BCUT2D eigenvalue weighted by Gasteiger charge is -2.17. The van der Waals surface area contributed by atoms with E-state index in [1.165, 1.54) is 17.7 Å². The first-order valence-corrected chi connectivity index (χ1v) is 6.38. The number of rotatable bonds is 5. The van der Waals surface area contributed by atoms with Crippen LogP contribution in [-0.2, 0) is 19.6 Å². The Bertz CT molecular complexity index is 505. The fraction of sp³-hybridized carbons (Fsp3) is 0.250. The molecule has 19 heavy (non-hydrogen) atoms. The number of nitrogens with two attached hydrogens (primary N) is 1. The summed E-state index contributed by atoms with van der Waals surface area (Å²) in [6, 6.07) is 15.0. The Morgan fingerprint density at radius 2 is 1.26 bits per heavy atom. The topological polar surface area (TPSA) is 29.3 Å². The van der Waals surface area contributed by atoms with E-state index in [0.29, 0.717) is 6.54 Å². The summed E-state index contributed by atoms with van der Waals surface area (Å²) in [6.45, 7) is 2.24. The van der Waals surface area contributed by atoms with Crippen LogP contribution >= 0.6 is 0 Å². The lowest BCUT2D eigenvalue weighted by Crippen LogP contribution is -2.17. The summed E-state index contributed by atoms with van der Waals surface area (Å²) in [5.74, 6) is -0.191. The molecule has 0 aromatic heterocycles. The van der Waals surface area contributed by atoms with Crippen LogP contribution in [0.2, 0.25) is 0 Å². The average Bonchev–Trinajstić information content (AvgIpc) is 2.42. The van der Waals surface area contributed by atoms with Gasteiger partial charge in [0.15, 0.2) is 0 Å². The van der Waals surface area contributed by atoms with E-state index >= 15 is 0 Å². The van der Waals surface area contributed by atoms with Gasteiger partial charge in [0.2, 0.25) is 0 Å². The second-order valence-corrected chi connectivity index (χ2v) is 4.82. The van der Waals surface area contributed by atoms with Gasteiger partial charge in [0.05, 0.1) is 0 Å². The van der Waals surface area contributed by atoms with Crippen molar-refractivity contribution in [1.29, 1.82) is 0 Å². The number of halogens is 1. The van der Waals surface area contributed by atoms with Crippen LogP contribution in [0.4, 0.5) is 4.39 Å². The predicted octanol–water partition coefficient (Wildman–Crippen LogP) is 2.92. The summed E-state index contributed by atoms with van der Waals surface area (Å²) in [4.78, 5) is 2.20. The molecule has 0 unspecified atom stereocenters. The Balaban J connectivity index is 1.92. The molecular formula is C16H19FN2. The van der Waals surface area contributed by atoms with E-state index in [0.717, 1.165) is 24.2 Å². The molecule has 2 aromatic carbocycles.